The lowest BCUT2D eigenvalue weighted by atomic mass is 9.73. The molecule has 0 atom stereocenters. The average molecular weight is 689 g/mol. The van der Waals surface area contributed by atoms with Gasteiger partial charge in [-0.15, -0.1) is 0 Å². The van der Waals surface area contributed by atoms with E-state index in [4.69, 9.17) is 0 Å². The summed E-state index contributed by atoms with van der Waals surface area (Å²) in [6.45, 7) is 9.73. The highest BCUT2D eigenvalue weighted by atomic mass is 14.5. The van der Waals surface area contributed by atoms with Gasteiger partial charge in [0.05, 0.1) is 0 Å². The van der Waals surface area contributed by atoms with E-state index in [9.17, 15) is 0 Å². The highest BCUT2D eigenvalue weighted by molar-refractivity contribution is 6.25. The van der Waals surface area contributed by atoms with Gasteiger partial charge in [-0.25, -0.2) is 0 Å². The second kappa shape index (κ2) is 11.1. The summed E-state index contributed by atoms with van der Waals surface area (Å²) in [6, 6.07) is 63.7. The molecule has 0 heteroatoms. The fraction of sp³-hybridized carbons (Fsp3) is 0.111. The smallest absolute Gasteiger partial charge is 0.0165 e. The molecule has 54 heavy (non-hydrogen) atoms. The van der Waals surface area contributed by atoms with E-state index in [1.807, 2.05) is 0 Å². The summed E-state index contributed by atoms with van der Waals surface area (Å²) in [7, 11) is 0. The number of benzene rings is 9. The van der Waals surface area contributed by atoms with Gasteiger partial charge in [-0.05, 0) is 116 Å². The monoisotopic (exact) mass is 688 g/mol. The molecule has 0 fully saturated rings. The fourth-order valence-corrected chi connectivity index (χ4v) is 10.4. The molecule has 2 aliphatic carbocycles. The van der Waals surface area contributed by atoms with E-state index in [0.717, 1.165) is 0 Å². The molecule has 0 spiro atoms. The first-order valence-corrected chi connectivity index (χ1v) is 19.3. The van der Waals surface area contributed by atoms with E-state index in [-0.39, 0.29) is 10.8 Å². The lowest BCUT2D eigenvalue weighted by Crippen LogP contribution is -2.18. The summed E-state index contributed by atoms with van der Waals surface area (Å²) in [4.78, 5) is 0. The van der Waals surface area contributed by atoms with E-state index in [2.05, 4.69) is 198 Å². The van der Waals surface area contributed by atoms with Crippen LogP contribution in [0.1, 0.15) is 49.9 Å². The van der Waals surface area contributed by atoms with Crippen molar-refractivity contribution in [2.24, 2.45) is 0 Å². The maximum absolute atomic E-state index is 2.60. The Balaban J connectivity index is 1.28. The molecule has 9 aromatic carbocycles. The zero-order valence-electron chi connectivity index (χ0n) is 31.2. The number of rotatable bonds is 3. The summed E-state index contributed by atoms with van der Waals surface area (Å²) >= 11 is 0. The van der Waals surface area contributed by atoms with Gasteiger partial charge < -0.3 is 0 Å². The molecule has 0 nitrogen and oxygen atoms in total. The molecule has 0 aromatic heterocycles. The third-order valence-corrected chi connectivity index (χ3v) is 12.8. The van der Waals surface area contributed by atoms with Gasteiger partial charge in [0, 0.05) is 10.8 Å². The molecule has 0 N–H and O–H groups in total. The van der Waals surface area contributed by atoms with Crippen LogP contribution in [0.2, 0.25) is 0 Å². The normalized spacial score (nSPS) is 14.6. The van der Waals surface area contributed by atoms with Gasteiger partial charge in [0.1, 0.15) is 0 Å². The maximum Gasteiger partial charge on any atom is 0.0165 e. The van der Waals surface area contributed by atoms with Crippen LogP contribution in [0.3, 0.4) is 0 Å². The van der Waals surface area contributed by atoms with Crippen LogP contribution in [0, 0.1) is 0 Å². The van der Waals surface area contributed by atoms with Crippen LogP contribution in [-0.2, 0) is 10.8 Å². The molecule has 0 aliphatic heterocycles. The first-order chi connectivity index (χ1) is 26.4. The molecule has 2 aliphatic rings. The van der Waals surface area contributed by atoms with Crippen molar-refractivity contribution in [3.05, 3.63) is 192 Å². The van der Waals surface area contributed by atoms with Gasteiger partial charge in [0.25, 0.3) is 0 Å². The maximum atomic E-state index is 2.60. The summed E-state index contributed by atoms with van der Waals surface area (Å²) in [5.41, 5.74) is 18.7. The van der Waals surface area contributed by atoms with Gasteiger partial charge in [0.2, 0.25) is 0 Å². The molecule has 0 unspecified atom stereocenters. The Hall–Kier alpha value is -6.24. The van der Waals surface area contributed by atoms with Gasteiger partial charge in [-0.3, -0.25) is 0 Å². The summed E-state index contributed by atoms with van der Waals surface area (Å²) in [6.07, 6.45) is 0. The SMILES string of the molecule is CC1(C)c2ccccc2-c2c1cc(-c1c3ccccc3c(-c3ccc(-c4ccccc4)c4ccccc34)c3ccccc13)c1c2-c2ccccc2C1(C)C. The average Bonchev–Trinajstić information content (AvgIpc) is 3.59. The molecule has 9 aromatic rings. The third-order valence-electron chi connectivity index (χ3n) is 12.8. The van der Waals surface area contributed by atoms with Gasteiger partial charge in [-0.2, -0.15) is 0 Å². The van der Waals surface area contributed by atoms with Crippen molar-refractivity contribution in [3.8, 4) is 55.6 Å². The molecule has 0 amide bonds. The van der Waals surface area contributed by atoms with E-state index in [0.29, 0.717) is 0 Å². The fourth-order valence-electron chi connectivity index (χ4n) is 10.4. The van der Waals surface area contributed by atoms with Crippen molar-refractivity contribution in [2.45, 2.75) is 38.5 Å². The summed E-state index contributed by atoms with van der Waals surface area (Å²) in [5.74, 6) is 0. The molecular formula is C54H40. The molecule has 0 bridgehead atoms. The Bertz CT molecular complexity index is 2970. The predicted octanol–water partition coefficient (Wildman–Crippen LogP) is 14.8. The van der Waals surface area contributed by atoms with Crippen LogP contribution in [0.15, 0.2) is 170 Å². The standard InChI is InChI=1S/C54H40/c1-53(2)45-28-16-14-26-42(45)50-47(53)32-44(52-51(50)43-27-15-17-29-46(43)54(52,3)4)49-39-24-12-10-22-37(39)48(38-23-11-13-25-40(38)49)41-31-30-34(33-18-6-5-7-19-33)35-20-8-9-21-36(35)41/h5-32H,1-4H3. The first-order valence-electron chi connectivity index (χ1n) is 19.3. The van der Waals surface area contributed by atoms with Crippen molar-refractivity contribution in [1.82, 2.24) is 0 Å². The third kappa shape index (κ3) is 4.09. The highest BCUT2D eigenvalue weighted by Gasteiger charge is 2.45. The Labute approximate surface area is 317 Å². The largest absolute Gasteiger partial charge is 0.0622 e. The minimum atomic E-state index is -0.192. The van der Waals surface area contributed by atoms with Crippen molar-refractivity contribution in [2.75, 3.05) is 0 Å². The van der Waals surface area contributed by atoms with Crippen molar-refractivity contribution < 1.29 is 0 Å². The summed E-state index contributed by atoms with van der Waals surface area (Å²) < 4.78 is 0. The van der Waals surface area contributed by atoms with Crippen LogP contribution in [-0.4, -0.2) is 0 Å². The van der Waals surface area contributed by atoms with E-state index < -0.39 is 0 Å². The molecule has 256 valence electrons. The quantitative estimate of drug-likeness (QED) is 0.162. The first kappa shape index (κ1) is 31.3. The van der Waals surface area contributed by atoms with Crippen molar-refractivity contribution in [3.63, 3.8) is 0 Å². The summed E-state index contributed by atoms with van der Waals surface area (Å²) in [5, 5.41) is 7.71. The molecular weight excluding hydrogens is 649 g/mol. The van der Waals surface area contributed by atoms with Crippen LogP contribution >= 0.6 is 0 Å². The topological polar surface area (TPSA) is 0 Å². The van der Waals surface area contributed by atoms with Gasteiger partial charge in [0.15, 0.2) is 0 Å². The minimum Gasteiger partial charge on any atom is -0.0622 e. The Morgan fingerprint density at radius 3 is 1.30 bits per heavy atom. The van der Waals surface area contributed by atoms with Crippen LogP contribution < -0.4 is 0 Å². The molecule has 0 radical (unpaired) electrons. The Morgan fingerprint density at radius 1 is 0.278 bits per heavy atom. The number of hydrogen-bond acceptors (Lipinski definition) is 0. The lowest BCUT2D eigenvalue weighted by molar-refractivity contribution is 0.652. The second-order valence-electron chi connectivity index (χ2n) is 16.4. The van der Waals surface area contributed by atoms with E-state index in [1.54, 1.807) is 0 Å². The zero-order valence-corrected chi connectivity index (χ0v) is 31.2. The van der Waals surface area contributed by atoms with Crippen LogP contribution in [0.25, 0.3) is 88.0 Å². The zero-order chi connectivity index (χ0) is 36.3. The molecule has 0 saturated heterocycles. The van der Waals surface area contributed by atoms with Crippen LogP contribution in [0.5, 0.6) is 0 Å². The van der Waals surface area contributed by atoms with Crippen LogP contribution in [0.4, 0.5) is 0 Å². The van der Waals surface area contributed by atoms with Crippen molar-refractivity contribution >= 4 is 32.3 Å². The van der Waals surface area contributed by atoms with E-state index in [1.165, 1.54) is 110 Å². The molecule has 0 saturated carbocycles. The number of fused-ring (bicyclic) bond motifs is 10. The van der Waals surface area contributed by atoms with Gasteiger partial charge in [-0.1, -0.05) is 191 Å². The molecule has 0 heterocycles. The highest BCUT2D eigenvalue weighted by Crippen LogP contribution is 2.62. The van der Waals surface area contributed by atoms with Gasteiger partial charge >= 0.3 is 0 Å². The van der Waals surface area contributed by atoms with Crippen molar-refractivity contribution in [1.29, 1.82) is 0 Å². The predicted molar refractivity (Wildman–Crippen MR) is 230 cm³/mol. The lowest BCUT2D eigenvalue weighted by Gasteiger charge is -2.29. The Morgan fingerprint density at radius 2 is 0.704 bits per heavy atom. The van der Waals surface area contributed by atoms with E-state index >= 15 is 0 Å². The second-order valence-corrected chi connectivity index (χ2v) is 16.4. The Kier molecular flexibility index (Phi) is 6.46. The molecule has 11 rings (SSSR count). The number of hydrogen-bond donors (Lipinski definition) is 0. The minimum absolute atomic E-state index is 0.137.